The molecule has 0 aromatic carbocycles. The number of rotatable bonds is 56. The van der Waals surface area contributed by atoms with Crippen molar-refractivity contribution in [1.29, 1.82) is 0 Å². The molecule has 0 rings (SSSR count). The third-order valence-electron chi connectivity index (χ3n) is 13.1. The number of hydrogen-bond acceptors (Lipinski definition) is 5. The summed E-state index contributed by atoms with van der Waals surface area (Å²) in [6.45, 7) is 7.64. The summed E-state index contributed by atoms with van der Waals surface area (Å²) in [5, 5.41) is 0. The zero-order chi connectivity index (χ0) is 52.0. The fourth-order valence-electron chi connectivity index (χ4n) is 8.55. The van der Waals surface area contributed by atoms with Crippen molar-refractivity contribution in [3.8, 4) is 0 Å². The highest BCUT2D eigenvalue weighted by atomic mass is 16.6. The van der Waals surface area contributed by atoms with Crippen LogP contribution in [-0.2, 0) is 23.8 Å². The van der Waals surface area contributed by atoms with E-state index in [1.54, 1.807) is 0 Å². The summed E-state index contributed by atoms with van der Waals surface area (Å²) in [7, 11) is 0. The van der Waals surface area contributed by atoms with Crippen molar-refractivity contribution in [2.45, 2.75) is 297 Å². The van der Waals surface area contributed by atoms with Crippen molar-refractivity contribution in [2.75, 3.05) is 19.8 Å². The molecule has 0 aliphatic heterocycles. The van der Waals surface area contributed by atoms with Gasteiger partial charge in [-0.1, -0.05) is 279 Å². The molecule has 0 amide bonds. The molecule has 5 nitrogen and oxygen atoms in total. The highest BCUT2D eigenvalue weighted by molar-refractivity contribution is 5.70. The first-order valence-corrected chi connectivity index (χ1v) is 30.8. The van der Waals surface area contributed by atoms with Crippen LogP contribution in [0.5, 0.6) is 0 Å². The molecule has 0 heterocycles. The van der Waals surface area contributed by atoms with Gasteiger partial charge in [0, 0.05) is 19.4 Å². The van der Waals surface area contributed by atoms with Gasteiger partial charge >= 0.3 is 11.9 Å². The normalized spacial score (nSPS) is 12.9. The van der Waals surface area contributed by atoms with Gasteiger partial charge in [-0.25, -0.2) is 0 Å². The summed E-state index contributed by atoms with van der Waals surface area (Å²) >= 11 is 0. The van der Waals surface area contributed by atoms with Crippen LogP contribution in [0.1, 0.15) is 290 Å². The average Bonchev–Trinajstić information content (AvgIpc) is 3.38. The lowest BCUT2D eigenvalue weighted by Gasteiger charge is -2.18. The van der Waals surface area contributed by atoms with Crippen molar-refractivity contribution in [3.63, 3.8) is 0 Å². The summed E-state index contributed by atoms with van der Waals surface area (Å²) in [4.78, 5) is 25.6. The molecule has 0 aliphatic rings. The van der Waals surface area contributed by atoms with Crippen LogP contribution in [0.4, 0.5) is 0 Å². The maximum Gasteiger partial charge on any atom is 0.306 e. The first-order valence-electron chi connectivity index (χ1n) is 30.8. The molecule has 0 bridgehead atoms. The Balaban J connectivity index is 4.36. The topological polar surface area (TPSA) is 61.8 Å². The lowest BCUT2D eigenvalue weighted by molar-refractivity contribution is -0.162. The molecule has 0 fully saturated rings. The molecule has 0 aliphatic carbocycles. The minimum Gasteiger partial charge on any atom is -0.462 e. The summed E-state index contributed by atoms with van der Waals surface area (Å²) in [6, 6.07) is 0. The van der Waals surface area contributed by atoms with E-state index in [1.165, 1.54) is 173 Å². The second-order valence-electron chi connectivity index (χ2n) is 20.2. The van der Waals surface area contributed by atoms with Gasteiger partial charge in [0.25, 0.3) is 0 Å². The lowest BCUT2D eigenvalue weighted by atomic mass is 10.0. The Hall–Kier alpha value is -3.18. The number of ether oxygens (including phenoxy) is 3. The smallest absolute Gasteiger partial charge is 0.306 e. The first kappa shape index (κ1) is 68.8. The van der Waals surface area contributed by atoms with E-state index < -0.39 is 6.10 Å². The summed E-state index contributed by atoms with van der Waals surface area (Å²) in [5.74, 6) is -0.462. The highest BCUT2D eigenvalue weighted by Crippen LogP contribution is 2.16. The minimum atomic E-state index is -0.576. The van der Waals surface area contributed by atoms with Crippen LogP contribution < -0.4 is 0 Å². The Labute approximate surface area is 447 Å². The van der Waals surface area contributed by atoms with Crippen molar-refractivity contribution in [3.05, 3.63) is 97.2 Å². The van der Waals surface area contributed by atoms with E-state index in [0.29, 0.717) is 19.4 Å². The average molecular weight is 1000 g/mol. The van der Waals surface area contributed by atoms with Crippen molar-refractivity contribution >= 4 is 11.9 Å². The Morgan fingerprint density at radius 1 is 0.319 bits per heavy atom. The van der Waals surface area contributed by atoms with Gasteiger partial charge in [-0.2, -0.15) is 0 Å². The maximum absolute atomic E-state index is 12.9. The van der Waals surface area contributed by atoms with Crippen LogP contribution in [-0.4, -0.2) is 37.9 Å². The van der Waals surface area contributed by atoms with Gasteiger partial charge in [0.1, 0.15) is 6.61 Å². The van der Waals surface area contributed by atoms with Gasteiger partial charge in [-0.3, -0.25) is 9.59 Å². The van der Waals surface area contributed by atoms with E-state index in [1.807, 2.05) is 0 Å². The maximum atomic E-state index is 12.9. The molecule has 0 radical (unpaired) electrons. The van der Waals surface area contributed by atoms with E-state index in [0.717, 1.165) is 83.5 Å². The Morgan fingerprint density at radius 3 is 1.07 bits per heavy atom. The Kier molecular flexibility index (Phi) is 59.4. The SMILES string of the molecule is CC/C=C\C/C=C\C/C=C\C/C=C\C/C=C\CCCC(=O)OC(COCCCCCCCCC/C=C\C/C=C\C/C=C\CCCCC)COC(=O)CCCCCCCCCCCCCCCCCCCCC. The van der Waals surface area contributed by atoms with Crippen LogP contribution in [0.25, 0.3) is 0 Å². The number of esters is 2. The molecule has 5 heteroatoms. The second-order valence-corrected chi connectivity index (χ2v) is 20.2. The van der Waals surface area contributed by atoms with Crippen molar-refractivity contribution in [1.82, 2.24) is 0 Å². The summed E-state index contributed by atoms with van der Waals surface area (Å²) in [5.41, 5.74) is 0. The van der Waals surface area contributed by atoms with E-state index in [4.69, 9.17) is 14.2 Å². The monoisotopic (exact) mass is 1000 g/mol. The van der Waals surface area contributed by atoms with Crippen LogP contribution >= 0.6 is 0 Å². The highest BCUT2D eigenvalue weighted by Gasteiger charge is 2.17. The number of hydrogen-bond donors (Lipinski definition) is 0. The third-order valence-corrected chi connectivity index (χ3v) is 13.1. The van der Waals surface area contributed by atoms with Crippen LogP contribution in [0.15, 0.2) is 97.2 Å². The molecule has 0 aromatic heterocycles. The molecule has 414 valence electrons. The van der Waals surface area contributed by atoms with Crippen LogP contribution in [0, 0.1) is 0 Å². The second kappa shape index (κ2) is 62.1. The molecule has 1 unspecified atom stereocenters. The number of unbranched alkanes of at least 4 members (excludes halogenated alkanes) is 29. The number of carbonyl (C=O) groups excluding carboxylic acids is 2. The fraction of sp³-hybridized carbons (Fsp3) is 0.731. The minimum absolute atomic E-state index is 0.0568. The Bertz CT molecular complexity index is 1360. The molecule has 72 heavy (non-hydrogen) atoms. The van der Waals surface area contributed by atoms with Gasteiger partial charge in [-0.05, 0) is 96.3 Å². The standard InChI is InChI=1S/C67H116O5/c1-4-7-10-13-16-19-22-25-28-31-33-35-38-41-44-47-50-53-56-59-62-70-63-65(72-67(69)61-58-55-52-49-46-43-40-36-30-27-24-21-18-15-12-9-6-3)64-71-66(68)60-57-54-51-48-45-42-39-37-34-32-29-26-23-20-17-14-11-8-5-2/h9,12,16,18-19,21,25,27-28,30,33,35,40,43,49,52,65H,4-8,10-11,13-15,17,20,22-24,26,29,31-32,34,36-39,41-42,44-48,50-51,53-64H2,1-3H3/b12-9-,19-16-,21-18-,28-25-,30-27-,35-33-,43-40-,52-49-. The quantitative estimate of drug-likeness (QED) is 0.0345. The first-order chi connectivity index (χ1) is 35.6. The van der Waals surface area contributed by atoms with Crippen LogP contribution in [0.3, 0.4) is 0 Å². The molecule has 0 saturated carbocycles. The van der Waals surface area contributed by atoms with E-state index in [-0.39, 0.29) is 25.2 Å². The predicted octanol–water partition coefficient (Wildman–Crippen LogP) is 21.4. The van der Waals surface area contributed by atoms with Gasteiger partial charge in [0.05, 0.1) is 6.61 Å². The van der Waals surface area contributed by atoms with E-state index >= 15 is 0 Å². The Morgan fingerprint density at radius 2 is 0.639 bits per heavy atom. The van der Waals surface area contributed by atoms with Gasteiger partial charge in [0.15, 0.2) is 6.10 Å². The molecule has 0 N–H and O–H groups in total. The predicted molar refractivity (Wildman–Crippen MR) is 316 cm³/mol. The molecule has 0 saturated heterocycles. The molecule has 1 atom stereocenters. The molecule has 0 spiro atoms. The summed E-state index contributed by atoms with van der Waals surface area (Å²) < 4.78 is 17.5. The molecular weight excluding hydrogens is 885 g/mol. The van der Waals surface area contributed by atoms with E-state index in [9.17, 15) is 9.59 Å². The molecular formula is C67H116O5. The summed E-state index contributed by atoms with van der Waals surface area (Å²) in [6.07, 6.45) is 84.5. The largest absolute Gasteiger partial charge is 0.462 e. The van der Waals surface area contributed by atoms with Gasteiger partial charge in [0.2, 0.25) is 0 Å². The van der Waals surface area contributed by atoms with Crippen molar-refractivity contribution < 1.29 is 23.8 Å². The van der Waals surface area contributed by atoms with Gasteiger partial charge < -0.3 is 14.2 Å². The third kappa shape index (κ3) is 59.4. The fourth-order valence-corrected chi connectivity index (χ4v) is 8.55. The van der Waals surface area contributed by atoms with Crippen molar-refractivity contribution in [2.24, 2.45) is 0 Å². The number of carbonyl (C=O) groups is 2. The van der Waals surface area contributed by atoms with E-state index in [2.05, 4.69) is 118 Å². The zero-order valence-corrected chi connectivity index (χ0v) is 47.7. The van der Waals surface area contributed by atoms with Crippen LogP contribution in [0.2, 0.25) is 0 Å². The molecule has 0 aromatic rings. The van der Waals surface area contributed by atoms with Gasteiger partial charge in [-0.15, -0.1) is 0 Å². The number of allylic oxidation sites excluding steroid dienone is 16. The lowest BCUT2D eigenvalue weighted by Crippen LogP contribution is -2.30. The zero-order valence-electron chi connectivity index (χ0n) is 47.7.